The molecule has 1 amide bonds. The summed E-state index contributed by atoms with van der Waals surface area (Å²) in [5.74, 6) is 1.49. The van der Waals surface area contributed by atoms with E-state index in [-0.39, 0.29) is 18.4 Å². The van der Waals surface area contributed by atoms with E-state index < -0.39 is 0 Å². The Kier molecular flexibility index (Phi) is 5.65. The van der Waals surface area contributed by atoms with E-state index in [0.717, 1.165) is 29.8 Å². The Morgan fingerprint density at radius 2 is 2.00 bits per heavy atom. The van der Waals surface area contributed by atoms with Crippen molar-refractivity contribution in [3.63, 3.8) is 0 Å². The summed E-state index contributed by atoms with van der Waals surface area (Å²) in [4.78, 5) is 12.4. The number of fused-ring (bicyclic) bond motifs is 1. The minimum atomic E-state index is -0.109. The molecular formula is C24H26N2O3. The van der Waals surface area contributed by atoms with Gasteiger partial charge in [-0.25, -0.2) is 0 Å². The summed E-state index contributed by atoms with van der Waals surface area (Å²) in [6, 6.07) is 15.9. The normalized spacial score (nSPS) is 15.0. The molecule has 1 aliphatic rings. The number of amides is 1. The fourth-order valence-corrected chi connectivity index (χ4v) is 3.61. The molecule has 150 valence electrons. The van der Waals surface area contributed by atoms with Crippen molar-refractivity contribution in [1.82, 2.24) is 5.16 Å². The van der Waals surface area contributed by atoms with Crippen LogP contribution in [0.5, 0.6) is 5.75 Å². The van der Waals surface area contributed by atoms with E-state index >= 15 is 0 Å². The molecule has 5 nitrogen and oxygen atoms in total. The van der Waals surface area contributed by atoms with Gasteiger partial charge >= 0.3 is 0 Å². The van der Waals surface area contributed by atoms with Gasteiger partial charge in [-0.1, -0.05) is 30.6 Å². The molecule has 0 bridgehead atoms. The number of hydrogen-bond donors (Lipinski definition) is 1. The van der Waals surface area contributed by atoms with E-state index in [1.54, 1.807) is 0 Å². The third-order valence-electron chi connectivity index (χ3n) is 5.14. The summed E-state index contributed by atoms with van der Waals surface area (Å²) in [5, 5.41) is 6.99. The predicted octanol–water partition coefficient (Wildman–Crippen LogP) is 5.19. The second kappa shape index (κ2) is 8.52. The van der Waals surface area contributed by atoms with Gasteiger partial charge in [0.15, 0.2) is 5.76 Å². The number of nitrogens with one attached hydrogen (secondary N) is 1. The molecule has 3 aromatic rings. The molecular weight excluding hydrogens is 364 g/mol. The van der Waals surface area contributed by atoms with Gasteiger partial charge in [0.25, 0.3) is 0 Å². The lowest BCUT2D eigenvalue weighted by Crippen LogP contribution is -2.14. The number of rotatable bonds is 7. The van der Waals surface area contributed by atoms with Crippen molar-refractivity contribution in [2.45, 2.75) is 52.1 Å². The number of hydrogen-bond acceptors (Lipinski definition) is 4. The van der Waals surface area contributed by atoms with Crippen LogP contribution in [0.4, 0.5) is 5.69 Å². The van der Waals surface area contributed by atoms with Gasteiger partial charge in [-0.2, -0.15) is 0 Å². The van der Waals surface area contributed by atoms with Crippen LogP contribution in [-0.4, -0.2) is 17.2 Å². The minimum absolute atomic E-state index is 0.109. The van der Waals surface area contributed by atoms with E-state index in [0.29, 0.717) is 11.5 Å². The van der Waals surface area contributed by atoms with Crippen LogP contribution in [0.1, 0.15) is 43.5 Å². The highest BCUT2D eigenvalue weighted by Crippen LogP contribution is 2.33. The molecule has 5 heteroatoms. The second-order valence-corrected chi connectivity index (χ2v) is 7.66. The Balaban J connectivity index is 1.36. The largest absolute Gasteiger partial charge is 0.490 e. The van der Waals surface area contributed by atoms with Crippen LogP contribution in [0.25, 0.3) is 11.3 Å². The zero-order valence-corrected chi connectivity index (χ0v) is 16.9. The fraction of sp³-hybridized carbons (Fsp3) is 0.333. The SMILES string of the molecule is CCCCc1ccc(NC(=O)Cc2cc(-c3ccc4c(c3)CC(C)O4)on2)cc1. The zero-order valence-electron chi connectivity index (χ0n) is 16.9. The first-order valence-corrected chi connectivity index (χ1v) is 10.2. The molecule has 0 spiro atoms. The molecule has 1 unspecified atom stereocenters. The molecule has 0 saturated heterocycles. The number of aromatic nitrogens is 1. The average Bonchev–Trinajstić information content (AvgIpc) is 3.32. The van der Waals surface area contributed by atoms with Gasteiger partial charge in [0.05, 0.1) is 12.1 Å². The van der Waals surface area contributed by atoms with Gasteiger partial charge in [0.1, 0.15) is 11.9 Å². The summed E-state index contributed by atoms with van der Waals surface area (Å²) in [6.45, 7) is 4.24. The Bertz CT molecular complexity index is 992. The van der Waals surface area contributed by atoms with E-state index in [1.807, 2.05) is 30.3 Å². The number of carbonyl (C=O) groups is 1. The quantitative estimate of drug-likeness (QED) is 0.603. The van der Waals surface area contributed by atoms with E-state index in [2.05, 4.69) is 42.5 Å². The first-order chi connectivity index (χ1) is 14.1. The van der Waals surface area contributed by atoms with Crippen LogP contribution in [0.3, 0.4) is 0 Å². The van der Waals surface area contributed by atoms with Crippen LogP contribution in [0.2, 0.25) is 0 Å². The maximum absolute atomic E-state index is 12.4. The topological polar surface area (TPSA) is 64.4 Å². The molecule has 0 saturated carbocycles. The molecule has 0 aliphatic carbocycles. The lowest BCUT2D eigenvalue weighted by atomic mass is 10.1. The summed E-state index contributed by atoms with van der Waals surface area (Å²) in [5.41, 5.74) is 4.82. The third kappa shape index (κ3) is 4.67. The lowest BCUT2D eigenvalue weighted by molar-refractivity contribution is -0.115. The highest BCUT2D eigenvalue weighted by molar-refractivity contribution is 5.92. The first-order valence-electron chi connectivity index (χ1n) is 10.2. The Labute approximate surface area is 171 Å². The molecule has 1 aliphatic heterocycles. The maximum Gasteiger partial charge on any atom is 0.230 e. The van der Waals surface area contributed by atoms with Crippen molar-refractivity contribution in [2.24, 2.45) is 0 Å². The van der Waals surface area contributed by atoms with E-state index in [9.17, 15) is 4.79 Å². The molecule has 1 atom stereocenters. The summed E-state index contributed by atoms with van der Waals surface area (Å²) in [6.07, 6.45) is 4.69. The summed E-state index contributed by atoms with van der Waals surface area (Å²) < 4.78 is 11.2. The zero-order chi connectivity index (χ0) is 20.2. The maximum atomic E-state index is 12.4. The summed E-state index contributed by atoms with van der Waals surface area (Å²) >= 11 is 0. The number of unbranched alkanes of at least 4 members (excludes halogenated alkanes) is 1. The van der Waals surface area contributed by atoms with Crippen LogP contribution in [0.15, 0.2) is 53.1 Å². The van der Waals surface area contributed by atoms with Gasteiger partial charge in [0, 0.05) is 23.7 Å². The van der Waals surface area contributed by atoms with Crippen LogP contribution < -0.4 is 10.1 Å². The van der Waals surface area contributed by atoms with Crippen molar-refractivity contribution < 1.29 is 14.1 Å². The molecule has 1 aromatic heterocycles. The predicted molar refractivity (Wildman–Crippen MR) is 113 cm³/mol. The fourth-order valence-electron chi connectivity index (χ4n) is 3.61. The van der Waals surface area contributed by atoms with Crippen molar-refractivity contribution in [3.05, 3.63) is 65.4 Å². The number of ether oxygens (including phenoxy) is 1. The van der Waals surface area contributed by atoms with Gasteiger partial charge in [-0.3, -0.25) is 4.79 Å². The monoisotopic (exact) mass is 390 g/mol. The van der Waals surface area contributed by atoms with Crippen LogP contribution in [0, 0.1) is 0 Å². The standard InChI is InChI=1S/C24H26N2O3/c1-3-4-5-17-6-9-20(10-7-17)25-24(27)15-21-14-23(29-26-21)18-8-11-22-19(13-18)12-16(2)28-22/h6-11,13-14,16H,3-5,12,15H2,1-2H3,(H,25,27). The molecule has 2 heterocycles. The molecule has 0 fully saturated rings. The van der Waals surface area contributed by atoms with Crippen molar-refractivity contribution >= 4 is 11.6 Å². The number of benzene rings is 2. The second-order valence-electron chi connectivity index (χ2n) is 7.66. The Morgan fingerprint density at radius 3 is 2.79 bits per heavy atom. The highest BCUT2D eigenvalue weighted by Gasteiger charge is 2.20. The molecule has 0 radical (unpaired) electrons. The van der Waals surface area contributed by atoms with Crippen LogP contribution in [-0.2, 0) is 24.1 Å². The third-order valence-corrected chi connectivity index (χ3v) is 5.14. The van der Waals surface area contributed by atoms with Crippen molar-refractivity contribution in [3.8, 4) is 17.1 Å². The Hall–Kier alpha value is -3.08. The smallest absolute Gasteiger partial charge is 0.230 e. The number of anilines is 1. The first kappa shape index (κ1) is 19.2. The van der Waals surface area contributed by atoms with Crippen LogP contribution >= 0.6 is 0 Å². The van der Waals surface area contributed by atoms with Crippen molar-refractivity contribution in [1.29, 1.82) is 0 Å². The summed E-state index contributed by atoms with van der Waals surface area (Å²) in [7, 11) is 0. The number of aryl methyl sites for hydroxylation is 1. The number of nitrogens with zero attached hydrogens (tertiary/aromatic N) is 1. The molecule has 1 N–H and O–H groups in total. The number of carbonyl (C=O) groups excluding carboxylic acids is 1. The van der Waals surface area contributed by atoms with E-state index in [4.69, 9.17) is 9.26 Å². The average molecular weight is 390 g/mol. The van der Waals surface area contributed by atoms with Gasteiger partial charge in [-0.15, -0.1) is 0 Å². The molecule has 4 rings (SSSR count). The molecule has 2 aromatic carbocycles. The van der Waals surface area contributed by atoms with Crippen molar-refractivity contribution in [2.75, 3.05) is 5.32 Å². The molecule has 29 heavy (non-hydrogen) atoms. The Morgan fingerprint density at radius 1 is 1.17 bits per heavy atom. The lowest BCUT2D eigenvalue weighted by Gasteiger charge is -2.05. The van der Waals surface area contributed by atoms with Gasteiger partial charge in [-0.05, 0) is 61.2 Å². The van der Waals surface area contributed by atoms with Gasteiger partial charge in [0.2, 0.25) is 5.91 Å². The van der Waals surface area contributed by atoms with Gasteiger partial charge < -0.3 is 14.6 Å². The highest BCUT2D eigenvalue weighted by atomic mass is 16.5. The van der Waals surface area contributed by atoms with E-state index in [1.165, 1.54) is 24.0 Å². The minimum Gasteiger partial charge on any atom is -0.490 e.